The summed E-state index contributed by atoms with van der Waals surface area (Å²) < 4.78 is 49.4. The first-order valence-electron chi connectivity index (χ1n) is 5.98. The van der Waals surface area contributed by atoms with E-state index in [1.165, 1.54) is 6.07 Å². The van der Waals surface area contributed by atoms with Crippen molar-refractivity contribution in [2.75, 3.05) is 6.54 Å². The van der Waals surface area contributed by atoms with Crippen molar-refractivity contribution in [2.24, 2.45) is 0 Å². The standard InChI is InChI=1S/C13H17F4N/c1-2-12(10-6-3-4-7-11(10)14)18-9-5-8-13(15,16)17/h3-4,6-7,12,18H,2,5,8-9H2,1H3. The van der Waals surface area contributed by atoms with Gasteiger partial charge in [-0.05, 0) is 25.5 Å². The molecule has 0 fully saturated rings. The van der Waals surface area contributed by atoms with Crippen molar-refractivity contribution in [1.82, 2.24) is 5.32 Å². The smallest absolute Gasteiger partial charge is 0.310 e. The molecule has 102 valence electrons. The lowest BCUT2D eigenvalue weighted by Gasteiger charge is -2.18. The van der Waals surface area contributed by atoms with Crippen LogP contribution in [0.25, 0.3) is 0 Å². The Labute approximate surface area is 104 Å². The molecule has 18 heavy (non-hydrogen) atoms. The van der Waals surface area contributed by atoms with E-state index in [1.54, 1.807) is 18.2 Å². The molecule has 0 heterocycles. The fourth-order valence-electron chi connectivity index (χ4n) is 1.80. The number of alkyl halides is 3. The Morgan fingerprint density at radius 3 is 2.44 bits per heavy atom. The van der Waals surface area contributed by atoms with Gasteiger partial charge in [-0.15, -0.1) is 0 Å². The Kier molecular flexibility index (Phi) is 5.59. The molecule has 0 aromatic heterocycles. The van der Waals surface area contributed by atoms with Crippen LogP contribution in [0.2, 0.25) is 0 Å². The molecule has 1 aromatic carbocycles. The topological polar surface area (TPSA) is 12.0 Å². The van der Waals surface area contributed by atoms with Crippen molar-refractivity contribution >= 4 is 0 Å². The van der Waals surface area contributed by atoms with Crippen LogP contribution in [0.4, 0.5) is 17.6 Å². The third kappa shape index (κ3) is 5.04. The summed E-state index contributed by atoms with van der Waals surface area (Å²) in [6.07, 6.45) is -4.30. The lowest BCUT2D eigenvalue weighted by Crippen LogP contribution is -2.24. The van der Waals surface area contributed by atoms with Crippen molar-refractivity contribution in [3.63, 3.8) is 0 Å². The van der Waals surface area contributed by atoms with Crippen LogP contribution in [0.1, 0.15) is 37.8 Å². The van der Waals surface area contributed by atoms with E-state index in [-0.39, 0.29) is 24.8 Å². The first kappa shape index (κ1) is 15.0. The SMILES string of the molecule is CCC(NCCCC(F)(F)F)c1ccccc1F. The molecular weight excluding hydrogens is 246 g/mol. The first-order chi connectivity index (χ1) is 8.44. The highest BCUT2D eigenvalue weighted by Gasteiger charge is 2.26. The van der Waals surface area contributed by atoms with E-state index in [9.17, 15) is 17.6 Å². The maximum absolute atomic E-state index is 13.5. The fourth-order valence-corrected chi connectivity index (χ4v) is 1.80. The van der Waals surface area contributed by atoms with Gasteiger partial charge in [0.25, 0.3) is 0 Å². The molecule has 1 N–H and O–H groups in total. The fraction of sp³-hybridized carbons (Fsp3) is 0.538. The maximum atomic E-state index is 13.5. The molecule has 1 atom stereocenters. The van der Waals surface area contributed by atoms with Gasteiger partial charge in [-0.3, -0.25) is 0 Å². The van der Waals surface area contributed by atoms with Crippen LogP contribution in [0.3, 0.4) is 0 Å². The highest BCUT2D eigenvalue weighted by atomic mass is 19.4. The van der Waals surface area contributed by atoms with E-state index in [1.807, 2.05) is 6.92 Å². The molecule has 1 unspecified atom stereocenters. The highest BCUT2D eigenvalue weighted by molar-refractivity contribution is 5.20. The van der Waals surface area contributed by atoms with E-state index in [0.717, 1.165) is 0 Å². The van der Waals surface area contributed by atoms with Gasteiger partial charge in [-0.1, -0.05) is 25.1 Å². The summed E-state index contributed by atoms with van der Waals surface area (Å²) in [4.78, 5) is 0. The number of nitrogens with one attached hydrogen (secondary N) is 1. The molecule has 0 saturated carbocycles. The van der Waals surface area contributed by atoms with Crippen LogP contribution in [0.15, 0.2) is 24.3 Å². The minimum Gasteiger partial charge on any atom is -0.310 e. The Hall–Kier alpha value is -1.10. The van der Waals surface area contributed by atoms with Gasteiger partial charge in [0.05, 0.1) is 0 Å². The van der Waals surface area contributed by atoms with Gasteiger partial charge in [0.1, 0.15) is 5.82 Å². The van der Waals surface area contributed by atoms with Crippen molar-refractivity contribution in [3.05, 3.63) is 35.6 Å². The maximum Gasteiger partial charge on any atom is 0.389 e. The Bertz CT molecular complexity index is 362. The van der Waals surface area contributed by atoms with Crippen molar-refractivity contribution in [2.45, 2.75) is 38.4 Å². The van der Waals surface area contributed by atoms with Crippen LogP contribution in [-0.2, 0) is 0 Å². The van der Waals surface area contributed by atoms with Crippen molar-refractivity contribution in [1.29, 1.82) is 0 Å². The first-order valence-corrected chi connectivity index (χ1v) is 5.98. The van der Waals surface area contributed by atoms with Gasteiger partial charge >= 0.3 is 6.18 Å². The molecule has 0 aliphatic heterocycles. The lowest BCUT2D eigenvalue weighted by molar-refractivity contribution is -0.135. The molecule has 5 heteroatoms. The summed E-state index contributed by atoms with van der Waals surface area (Å²) in [5.41, 5.74) is 0.506. The molecule has 0 amide bonds. The zero-order valence-electron chi connectivity index (χ0n) is 10.2. The average Bonchev–Trinajstić information content (AvgIpc) is 2.29. The lowest BCUT2D eigenvalue weighted by atomic mass is 10.0. The molecule has 1 aromatic rings. The number of rotatable bonds is 6. The summed E-state index contributed by atoms with van der Waals surface area (Å²) >= 11 is 0. The van der Waals surface area contributed by atoms with Crippen LogP contribution >= 0.6 is 0 Å². The predicted molar refractivity (Wildman–Crippen MR) is 62.7 cm³/mol. The number of benzene rings is 1. The molecule has 0 saturated heterocycles. The predicted octanol–water partition coefficient (Wildman–Crippen LogP) is 4.21. The van der Waals surface area contributed by atoms with Gasteiger partial charge in [0.15, 0.2) is 0 Å². The van der Waals surface area contributed by atoms with E-state index in [2.05, 4.69) is 5.32 Å². The van der Waals surface area contributed by atoms with Crippen LogP contribution in [-0.4, -0.2) is 12.7 Å². The normalized spacial score (nSPS) is 13.6. The van der Waals surface area contributed by atoms with Crippen LogP contribution < -0.4 is 5.32 Å². The monoisotopic (exact) mass is 263 g/mol. The molecule has 0 bridgehead atoms. The van der Waals surface area contributed by atoms with Crippen molar-refractivity contribution in [3.8, 4) is 0 Å². The minimum absolute atomic E-state index is 0.00839. The van der Waals surface area contributed by atoms with E-state index in [4.69, 9.17) is 0 Å². The summed E-state index contributed by atoms with van der Waals surface area (Å²) in [7, 11) is 0. The zero-order chi connectivity index (χ0) is 13.6. The Morgan fingerprint density at radius 1 is 1.22 bits per heavy atom. The van der Waals surface area contributed by atoms with Gasteiger partial charge < -0.3 is 5.32 Å². The third-order valence-electron chi connectivity index (χ3n) is 2.72. The largest absolute Gasteiger partial charge is 0.389 e. The summed E-state index contributed by atoms with van der Waals surface area (Å²) in [6.45, 7) is 2.10. The second-order valence-electron chi connectivity index (χ2n) is 4.16. The molecule has 1 rings (SSSR count). The summed E-state index contributed by atoms with van der Waals surface area (Å²) in [5.74, 6) is -0.326. The Balaban J connectivity index is 2.46. The molecule has 0 aliphatic carbocycles. The van der Waals surface area contributed by atoms with Crippen molar-refractivity contribution < 1.29 is 17.6 Å². The molecule has 0 radical (unpaired) electrons. The quantitative estimate of drug-likeness (QED) is 0.599. The summed E-state index contributed by atoms with van der Waals surface area (Å²) in [5, 5.41) is 2.96. The van der Waals surface area contributed by atoms with Crippen LogP contribution in [0, 0.1) is 5.82 Å². The molecule has 1 nitrogen and oxygen atoms in total. The van der Waals surface area contributed by atoms with Gasteiger partial charge in [-0.2, -0.15) is 13.2 Å². The zero-order valence-corrected chi connectivity index (χ0v) is 10.2. The third-order valence-corrected chi connectivity index (χ3v) is 2.72. The molecule has 0 spiro atoms. The minimum atomic E-state index is -4.12. The van der Waals surface area contributed by atoms with E-state index >= 15 is 0 Å². The van der Waals surface area contributed by atoms with Gasteiger partial charge in [0, 0.05) is 18.0 Å². The average molecular weight is 263 g/mol. The second kappa shape index (κ2) is 6.73. The van der Waals surface area contributed by atoms with Crippen LogP contribution in [0.5, 0.6) is 0 Å². The second-order valence-corrected chi connectivity index (χ2v) is 4.16. The van der Waals surface area contributed by atoms with Gasteiger partial charge in [-0.25, -0.2) is 4.39 Å². The van der Waals surface area contributed by atoms with E-state index in [0.29, 0.717) is 12.0 Å². The van der Waals surface area contributed by atoms with E-state index < -0.39 is 12.6 Å². The number of hydrogen-bond acceptors (Lipinski definition) is 1. The Morgan fingerprint density at radius 2 is 1.89 bits per heavy atom. The molecular formula is C13H17F4N. The highest BCUT2D eigenvalue weighted by Crippen LogP contribution is 2.22. The van der Waals surface area contributed by atoms with Gasteiger partial charge in [0.2, 0.25) is 0 Å². The number of hydrogen-bond donors (Lipinski definition) is 1. The summed E-state index contributed by atoms with van der Waals surface area (Å²) in [6, 6.07) is 6.09. The number of halogens is 4. The molecule has 0 aliphatic rings.